The topological polar surface area (TPSA) is 39.5 Å². The van der Waals surface area contributed by atoms with Gasteiger partial charge in [0, 0.05) is 6.54 Å². The highest BCUT2D eigenvalue weighted by molar-refractivity contribution is 5.85. The first-order valence-electron chi connectivity index (χ1n) is 3.93. The predicted molar refractivity (Wildman–Crippen MR) is 54.6 cm³/mol. The van der Waals surface area contributed by atoms with Gasteiger partial charge >= 0.3 is 0 Å². The zero-order valence-electron chi connectivity index (χ0n) is 8.00. The number of hydrogen-bond acceptors (Lipinski definition) is 3. The van der Waals surface area contributed by atoms with Crippen molar-refractivity contribution in [3.63, 3.8) is 0 Å². The Hall–Kier alpha value is -0.370. The molecule has 0 fully saturated rings. The highest BCUT2D eigenvalue weighted by atomic mass is 35.5. The van der Waals surface area contributed by atoms with Crippen molar-refractivity contribution in [3.05, 3.63) is 0 Å². The largest absolute Gasteiger partial charge is 0.309 e. The lowest BCUT2D eigenvalue weighted by Crippen LogP contribution is -2.23. The Morgan fingerprint density at radius 3 is 2.42 bits per heavy atom. The molecule has 0 aromatic carbocycles. The molecule has 12 heavy (non-hydrogen) atoms. The van der Waals surface area contributed by atoms with Crippen LogP contribution in [0.15, 0.2) is 4.99 Å². The van der Waals surface area contributed by atoms with Gasteiger partial charge in [-0.3, -0.25) is 0 Å². The van der Waals surface area contributed by atoms with Crippen LogP contribution in [0.25, 0.3) is 0 Å². The Morgan fingerprint density at radius 2 is 2.08 bits per heavy atom. The second kappa shape index (κ2) is 8.72. The Bertz CT molecular complexity index is 141. The summed E-state index contributed by atoms with van der Waals surface area (Å²) in [5.41, 5.74) is 0. The summed E-state index contributed by atoms with van der Waals surface area (Å²) in [4.78, 5) is 5.93. The first-order chi connectivity index (χ1) is 5.20. The number of halogens is 1. The van der Waals surface area contributed by atoms with Crippen LogP contribution in [0.3, 0.4) is 0 Å². The summed E-state index contributed by atoms with van der Waals surface area (Å²) in [7, 11) is 4.10. The van der Waals surface area contributed by atoms with E-state index in [0.717, 1.165) is 19.5 Å². The number of nitrogens with zero attached hydrogens (tertiary/aromatic N) is 2. The Morgan fingerprint density at radius 1 is 1.50 bits per heavy atom. The molecule has 4 heteroatoms. The van der Waals surface area contributed by atoms with E-state index in [1.165, 1.54) is 0 Å². The van der Waals surface area contributed by atoms with Crippen molar-refractivity contribution in [3.8, 4) is 0 Å². The molecule has 1 unspecified atom stereocenters. The third kappa shape index (κ3) is 7.73. The fraction of sp³-hybridized carbons (Fsp3) is 0.875. The van der Waals surface area contributed by atoms with Crippen LogP contribution in [0.2, 0.25) is 0 Å². The van der Waals surface area contributed by atoms with E-state index in [0.29, 0.717) is 5.92 Å². The number of nitrogens with one attached hydrogen (secondary N) is 1. The van der Waals surface area contributed by atoms with Gasteiger partial charge in [0.05, 0.1) is 12.6 Å². The zero-order valence-corrected chi connectivity index (χ0v) is 8.82. The maximum Gasteiger partial charge on any atom is 0.0862 e. The molecule has 0 saturated heterocycles. The van der Waals surface area contributed by atoms with E-state index in [1.807, 2.05) is 0 Å². The normalized spacial score (nSPS) is 11.7. The van der Waals surface area contributed by atoms with Crippen molar-refractivity contribution >= 4 is 18.4 Å². The molecule has 0 bridgehead atoms. The number of aliphatic imine (C=N–C) groups is 1. The van der Waals surface area contributed by atoms with Crippen LogP contribution >= 0.6 is 12.4 Å². The fourth-order valence-electron chi connectivity index (χ4n) is 1.01. The lowest BCUT2D eigenvalue weighted by atomic mass is 10.1. The van der Waals surface area contributed by atoms with Gasteiger partial charge in [-0.05, 0) is 20.0 Å². The summed E-state index contributed by atoms with van der Waals surface area (Å²) < 4.78 is 0. The Balaban J connectivity index is 0. The van der Waals surface area contributed by atoms with Crippen LogP contribution < -0.4 is 0 Å². The Labute approximate surface area is 80.8 Å². The minimum Gasteiger partial charge on any atom is -0.309 e. The van der Waals surface area contributed by atoms with Gasteiger partial charge in [0.15, 0.2) is 0 Å². The van der Waals surface area contributed by atoms with Crippen molar-refractivity contribution in [2.75, 3.05) is 27.2 Å². The van der Waals surface area contributed by atoms with Crippen molar-refractivity contribution in [2.45, 2.75) is 13.3 Å². The standard InChI is InChI=1S/C8H17N3.ClH/c1-4-8(5-10-7-9)6-11(2)3;/h8-9H,4-6H2,1-3H3;1H. The smallest absolute Gasteiger partial charge is 0.0862 e. The van der Waals surface area contributed by atoms with Gasteiger partial charge in [0.1, 0.15) is 0 Å². The lowest BCUT2D eigenvalue weighted by molar-refractivity contribution is 0.323. The van der Waals surface area contributed by atoms with Gasteiger partial charge in [0.25, 0.3) is 0 Å². The summed E-state index contributed by atoms with van der Waals surface area (Å²) in [5, 5.41) is 6.62. The van der Waals surface area contributed by atoms with Crippen LogP contribution in [0.1, 0.15) is 13.3 Å². The zero-order chi connectivity index (χ0) is 8.69. The van der Waals surface area contributed by atoms with E-state index >= 15 is 0 Å². The van der Waals surface area contributed by atoms with Crippen LogP contribution in [0.4, 0.5) is 0 Å². The van der Waals surface area contributed by atoms with Gasteiger partial charge in [-0.15, -0.1) is 12.4 Å². The molecule has 0 heterocycles. The van der Waals surface area contributed by atoms with E-state index in [9.17, 15) is 0 Å². The molecule has 0 aliphatic heterocycles. The molecular weight excluding hydrogens is 174 g/mol. The van der Waals surface area contributed by atoms with E-state index in [-0.39, 0.29) is 12.4 Å². The summed E-state index contributed by atoms with van der Waals surface area (Å²) >= 11 is 0. The summed E-state index contributed by atoms with van der Waals surface area (Å²) in [6.07, 6.45) is 1.11. The van der Waals surface area contributed by atoms with E-state index < -0.39 is 0 Å². The van der Waals surface area contributed by atoms with Crippen molar-refractivity contribution in [2.24, 2.45) is 10.9 Å². The second-order valence-corrected chi connectivity index (χ2v) is 2.99. The maximum absolute atomic E-state index is 6.62. The molecule has 0 aliphatic rings. The molecule has 0 aliphatic carbocycles. The van der Waals surface area contributed by atoms with Gasteiger partial charge < -0.3 is 4.90 Å². The fourth-order valence-corrected chi connectivity index (χ4v) is 1.01. The molecule has 1 N–H and O–H groups in total. The summed E-state index contributed by atoms with van der Waals surface area (Å²) in [6.45, 7) is 3.92. The van der Waals surface area contributed by atoms with Crippen LogP contribution in [-0.4, -0.2) is 38.1 Å². The molecule has 0 amide bonds. The second-order valence-electron chi connectivity index (χ2n) is 2.99. The minimum absolute atomic E-state index is 0. The third-order valence-electron chi connectivity index (χ3n) is 1.63. The molecule has 0 radical (unpaired) electrons. The highest BCUT2D eigenvalue weighted by Crippen LogP contribution is 2.03. The van der Waals surface area contributed by atoms with Crippen LogP contribution in [0.5, 0.6) is 0 Å². The molecule has 72 valence electrons. The van der Waals surface area contributed by atoms with E-state index in [4.69, 9.17) is 5.41 Å². The number of rotatable bonds is 5. The molecule has 3 nitrogen and oxygen atoms in total. The highest BCUT2D eigenvalue weighted by Gasteiger charge is 2.05. The molecule has 0 saturated carbocycles. The monoisotopic (exact) mass is 191 g/mol. The average molecular weight is 192 g/mol. The van der Waals surface area contributed by atoms with Gasteiger partial charge in [-0.2, -0.15) is 0 Å². The molecular formula is C8H18ClN3. The summed E-state index contributed by atoms with van der Waals surface area (Å²) in [6, 6.07) is 2.06. The predicted octanol–water partition coefficient (Wildman–Crippen LogP) is 1.75. The van der Waals surface area contributed by atoms with Crippen molar-refractivity contribution < 1.29 is 0 Å². The molecule has 1 atom stereocenters. The van der Waals surface area contributed by atoms with Crippen molar-refractivity contribution in [1.29, 1.82) is 5.41 Å². The van der Waals surface area contributed by atoms with Crippen LogP contribution in [-0.2, 0) is 0 Å². The first kappa shape index (κ1) is 14.2. The van der Waals surface area contributed by atoms with Crippen molar-refractivity contribution in [1.82, 2.24) is 4.90 Å². The SMILES string of the molecule is CCC(CN=C=N)CN(C)C.Cl. The average Bonchev–Trinajstić information content (AvgIpc) is 1.97. The number of hydrogen-bond donors (Lipinski definition) is 1. The van der Waals surface area contributed by atoms with Gasteiger partial charge in [0.2, 0.25) is 0 Å². The minimum atomic E-state index is 0. The summed E-state index contributed by atoms with van der Waals surface area (Å²) in [5.74, 6) is 0.572. The van der Waals surface area contributed by atoms with Gasteiger partial charge in [-0.25, -0.2) is 10.4 Å². The van der Waals surface area contributed by atoms with Crippen LogP contribution in [0, 0.1) is 11.3 Å². The van der Waals surface area contributed by atoms with Gasteiger partial charge in [-0.1, -0.05) is 13.3 Å². The Kier molecular flexibility index (Phi) is 10.3. The third-order valence-corrected chi connectivity index (χ3v) is 1.63. The van der Waals surface area contributed by atoms with E-state index in [2.05, 4.69) is 36.9 Å². The maximum atomic E-state index is 6.62. The molecule has 0 aromatic heterocycles. The molecule has 0 aromatic rings. The quantitative estimate of drug-likeness (QED) is 0.661. The van der Waals surface area contributed by atoms with E-state index in [1.54, 1.807) is 0 Å². The first-order valence-corrected chi connectivity index (χ1v) is 3.93. The lowest BCUT2D eigenvalue weighted by Gasteiger charge is -2.16. The molecule has 0 spiro atoms. The molecule has 0 rings (SSSR count).